The summed E-state index contributed by atoms with van der Waals surface area (Å²) < 4.78 is 24.4. The predicted octanol–water partition coefficient (Wildman–Crippen LogP) is 4.65. The zero-order valence-electron chi connectivity index (χ0n) is 19.3. The van der Waals surface area contributed by atoms with Crippen molar-refractivity contribution in [1.29, 1.82) is 0 Å². The second-order valence-electron chi connectivity index (χ2n) is 8.62. The molecule has 0 aromatic heterocycles. The third-order valence-electron chi connectivity index (χ3n) is 6.78. The summed E-state index contributed by atoms with van der Waals surface area (Å²) in [5.41, 5.74) is 3.66. The van der Waals surface area contributed by atoms with Gasteiger partial charge < -0.3 is 19.7 Å². The van der Waals surface area contributed by atoms with Crippen LogP contribution in [0.2, 0.25) is 5.02 Å². The molecule has 0 bridgehead atoms. The minimum Gasteiger partial charge on any atom is -0.493 e. The zero-order chi connectivity index (χ0) is 24.7. The van der Waals surface area contributed by atoms with Crippen molar-refractivity contribution in [1.82, 2.24) is 10.2 Å². The molecule has 2 aliphatic heterocycles. The number of carbonyl (C=O) groups excluding carboxylic acids is 2. The smallest absolute Gasteiger partial charge is 0.254 e. The Morgan fingerprint density at radius 2 is 1.83 bits per heavy atom. The number of benzene rings is 3. The summed E-state index contributed by atoms with van der Waals surface area (Å²) in [4.78, 5) is 29.2. The van der Waals surface area contributed by atoms with Gasteiger partial charge in [-0.1, -0.05) is 41.9 Å². The van der Waals surface area contributed by atoms with E-state index < -0.39 is 17.8 Å². The van der Waals surface area contributed by atoms with Gasteiger partial charge in [-0.15, -0.1) is 0 Å². The molecule has 0 spiro atoms. The maximum absolute atomic E-state index is 13.8. The highest BCUT2D eigenvalue weighted by Gasteiger charge is 2.46. The first kappa shape index (κ1) is 23.2. The molecule has 1 N–H and O–H groups in total. The highest BCUT2D eigenvalue weighted by atomic mass is 35.5. The quantitative estimate of drug-likeness (QED) is 0.560. The molecule has 0 saturated carbocycles. The van der Waals surface area contributed by atoms with Crippen molar-refractivity contribution < 1.29 is 23.5 Å². The summed E-state index contributed by atoms with van der Waals surface area (Å²) in [7, 11) is 3.02. The number of nitrogens with zero attached hydrogens (tertiary/aromatic N) is 1. The Hall–Kier alpha value is -3.58. The van der Waals surface area contributed by atoms with Gasteiger partial charge in [-0.2, -0.15) is 0 Å². The molecular formula is C27H24ClFN2O4. The van der Waals surface area contributed by atoms with Crippen LogP contribution in [0.5, 0.6) is 11.5 Å². The molecule has 180 valence electrons. The molecule has 6 nitrogen and oxygen atoms in total. The van der Waals surface area contributed by atoms with Gasteiger partial charge in [0, 0.05) is 23.7 Å². The Morgan fingerprint density at radius 1 is 1.09 bits per heavy atom. The molecule has 35 heavy (non-hydrogen) atoms. The molecule has 5 rings (SSSR count). The Kier molecular flexibility index (Phi) is 6.11. The van der Waals surface area contributed by atoms with E-state index in [1.807, 2.05) is 24.3 Å². The predicted molar refractivity (Wildman–Crippen MR) is 129 cm³/mol. The lowest BCUT2D eigenvalue weighted by Gasteiger charge is -2.45. The molecule has 2 heterocycles. The van der Waals surface area contributed by atoms with Crippen LogP contribution in [-0.4, -0.2) is 37.5 Å². The molecule has 3 aromatic rings. The van der Waals surface area contributed by atoms with Gasteiger partial charge in [-0.3, -0.25) is 9.59 Å². The fourth-order valence-corrected chi connectivity index (χ4v) is 5.32. The van der Waals surface area contributed by atoms with Crippen LogP contribution in [0.3, 0.4) is 0 Å². The first-order valence-corrected chi connectivity index (χ1v) is 11.7. The molecule has 0 aliphatic carbocycles. The first-order chi connectivity index (χ1) is 16.9. The van der Waals surface area contributed by atoms with Crippen molar-refractivity contribution >= 4 is 23.4 Å². The summed E-state index contributed by atoms with van der Waals surface area (Å²) in [6.07, 6.45) is 0.709. The molecule has 0 saturated heterocycles. The average Bonchev–Trinajstić information content (AvgIpc) is 2.87. The minimum atomic E-state index is -0.692. The normalized spacial score (nSPS) is 18.3. The lowest BCUT2D eigenvalue weighted by atomic mass is 9.75. The van der Waals surface area contributed by atoms with E-state index in [0.717, 1.165) is 11.1 Å². The summed E-state index contributed by atoms with van der Waals surface area (Å²) in [5.74, 6) is -0.684. The number of rotatable bonds is 5. The lowest BCUT2D eigenvalue weighted by Crippen LogP contribution is -2.50. The number of methoxy groups -OCH3 is 2. The molecule has 2 amide bonds. The van der Waals surface area contributed by atoms with Gasteiger partial charge in [0.2, 0.25) is 5.91 Å². The van der Waals surface area contributed by atoms with Gasteiger partial charge in [0.25, 0.3) is 5.91 Å². The van der Waals surface area contributed by atoms with Gasteiger partial charge in [0.15, 0.2) is 11.5 Å². The Labute approximate surface area is 207 Å². The van der Waals surface area contributed by atoms with Gasteiger partial charge >= 0.3 is 0 Å². The van der Waals surface area contributed by atoms with Crippen molar-refractivity contribution in [2.75, 3.05) is 20.8 Å². The zero-order valence-corrected chi connectivity index (χ0v) is 20.1. The van der Waals surface area contributed by atoms with Gasteiger partial charge in [0.05, 0.1) is 26.2 Å². The summed E-state index contributed by atoms with van der Waals surface area (Å²) in [6.45, 7) is 0.626. The van der Waals surface area contributed by atoms with E-state index in [2.05, 4.69) is 5.32 Å². The average molecular weight is 495 g/mol. The monoisotopic (exact) mass is 494 g/mol. The Bertz CT molecular complexity index is 1330. The van der Waals surface area contributed by atoms with E-state index >= 15 is 0 Å². The van der Waals surface area contributed by atoms with E-state index in [9.17, 15) is 14.0 Å². The molecule has 0 radical (unpaired) electrons. The number of hydrogen-bond acceptors (Lipinski definition) is 4. The summed E-state index contributed by atoms with van der Waals surface area (Å²) in [6, 6.07) is 14.9. The van der Waals surface area contributed by atoms with Crippen molar-refractivity contribution in [3.63, 3.8) is 0 Å². The van der Waals surface area contributed by atoms with Crippen molar-refractivity contribution in [2.45, 2.75) is 24.9 Å². The van der Waals surface area contributed by atoms with E-state index in [1.165, 1.54) is 26.4 Å². The van der Waals surface area contributed by atoms with E-state index in [1.54, 1.807) is 23.1 Å². The lowest BCUT2D eigenvalue weighted by molar-refractivity contribution is -0.124. The summed E-state index contributed by atoms with van der Waals surface area (Å²) in [5, 5.41) is 3.20. The number of hydrogen-bond donors (Lipinski definition) is 1. The molecule has 3 aromatic carbocycles. The van der Waals surface area contributed by atoms with E-state index in [0.29, 0.717) is 41.2 Å². The highest BCUT2D eigenvalue weighted by molar-refractivity contribution is 6.31. The van der Waals surface area contributed by atoms with Crippen molar-refractivity contribution in [2.24, 2.45) is 0 Å². The number of nitrogens with one attached hydrogen (secondary N) is 1. The number of fused-ring (bicyclic) bond motifs is 4. The van der Waals surface area contributed by atoms with Gasteiger partial charge in [0.1, 0.15) is 5.82 Å². The third kappa shape index (κ3) is 4.00. The number of halogens is 2. The van der Waals surface area contributed by atoms with Crippen LogP contribution in [0.4, 0.5) is 4.39 Å². The molecule has 0 fully saturated rings. The highest BCUT2D eigenvalue weighted by Crippen LogP contribution is 2.48. The second-order valence-corrected chi connectivity index (χ2v) is 9.03. The van der Waals surface area contributed by atoms with Crippen LogP contribution in [-0.2, 0) is 17.8 Å². The van der Waals surface area contributed by atoms with E-state index in [4.69, 9.17) is 21.1 Å². The molecule has 2 aliphatic rings. The van der Waals surface area contributed by atoms with Crippen LogP contribution in [0.1, 0.15) is 44.6 Å². The third-order valence-corrected chi connectivity index (χ3v) is 7.13. The van der Waals surface area contributed by atoms with Gasteiger partial charge in [-0.05, 0) is 52.9 Å². The Morgan fingerprint density at radius 3 is 2.57 bits per heavy atom. The van der Waals surface area contributed by atoms with Crippen molar-refractivity contribution in [3.8, 4) is 11.5 Å². The number of carbonyl (C=O) groups is 2. The Balaban J connectivity index is 1.60. The van der Waals surface area contributed by atoms with Crippen LogP contribution in [0.15, 0.2) is 54.6 Å². The van der Waals surface area contributed by atoms with Crippen molar-refractivity contribution in [3.05, 3.63) is 93.3 Å². The minimum absolute atomic E-state index is 0.124. The fourth-order valence-electron chi connectivity index (χ4n) is 5.09. The molecular weight excluding hydrogens is 471 g/mol. The summed E-state index contributed by atoms with van der Waals surface area (Å²) >= 11 is 6.17. The van der Waals surface area contributed by atoms with E-state index in [-0.39, 0.29) is 23.4 Å². The van der Waals surface area contributed by atoms with Gasteiger partial charge in [-0.25, -0.2) is 4.39 Å². The number of ether oxygens (including phenoxy) is 2. The molecule has 8 heteroatoms. The number of amides is 2. The largest absolute Gasteiger partial charge is 0.493 e. The molecule has 2 atom stereocenters. The second kappa shape index (κ2) is 9.23. The van der Waals surface area contributed by atoms with Crippen LogP contribution < -0.4 is 14.8 Å². The standard InChI is InChI=1S/C27H24ClFN2O4/c1-34-22-12-19-20(13-23(22)35-2)27(33)31-10-9-15-5-3-4-6-18(15)25(31)24(19)26(32)30-14-16-7-8-17(29)11-21(16)28/h3-8,11-13,24-25H,9-10,14H2,1-2H3,(H,30,32). The van der Waals surface area contributed by atoms with Crippen LogP contribution >= 0.6 is 11.6 Å². The fraction of sp³-hybridized carbons (Fsp3) is 0.259. The SMILES string of the molecule is COc1cc2c(cc1OC)C(C(=O)NCc1ccc(F)cc1Cl)C1c3ccccc3CCN1C2=O. The van der Waals surface area contributed by atoms with Crippen LogP contribution in [0.25, 0.3) is 0 Å². The molecule has 2 unspecified atom stereocenters. The van der Waals surface area contributed by atoms with Crippen LogP contribution in [0, 0.1) is 5.82 Å². The maximum atomic E-state index is 13.8. The maximum Gasteiger partial charge on any atom is 0.254 e. The first-order valence-electron chi connectivity index (χ1n) is 11.3. The topological polar surface area (TPSA) is 67.9 Å².